The molecule has 3 heteroatoms. The maximum atomic E-state index is 10.4. The number of rotatable bonds is 4. The monoisotopic (exact) mass is 237 g/mol. The molecule has 0 amide bonds. The highest BCUT2D eigenvalue weighted by Gasteiger charge is 2.29. The summed E-state index contributed by atoms with van der Waals surface area (Å²) in [5.41, 5.74) is 8.44. The highest BCUT2D eigenvalue weighted by Crippen LogP contribution is 2.36. The molecule has 96 valence electrons. The minimum atomic E-state index is -0.558. The highest BCUT2D eigenvalue weighted by molar-refractivity contribution is 5.44. The first-order valence-electron chi connectivity index (χ1n) is 5.87. The van der Waals surface area contributed by atoms with Crippen molar-refractivity contribution < 1.29 is 9.84 Å². The van der Waals surface area contributed by atoms with Crippen molar-refractivity contribution in [2.24, 2.45) is 11.1 Å². The van der Waals surface area contributed by atoms with Gasteiger partial charge in [0.25, 0.3) is 0 Å². The number of methoxy groups -OCH3 is 1. The molecule has 1 unspecified atom stereocenters. The van der Waals surface area contributed by atoms with Crippen LogP contribution in [-0.4, -0.2) is 18.8 Å². The second-order valence-electron chi connectivity index (χ2n) is 5.20. The van der Waals surface area contributed by atoms with Crippen LogP contribution in [0.4, 0.5) is 0 Å². The molecular formula is C14H23NO2. The average molecular weight is 237 g/mol. The minimum absolute atomic E-state index is 0.328. The zero-order valence-electron chi connectivity index (χ0n) is 11.4. The summed E-state index contributed by atoms with van der Waals surface area (Å²) in [7, 11) is 1.65. The lowest BCUT2D eigenvalue weighted by Gasteiger charge is -2.31. The molecule has 0 saturated heterocycles. The zero-order valence-corrected chi connectivity index (χ0v) is 11.4. The minimum Gasteiger partial charge on any atom is -0.496 e. The second kappa shape index (κ2) is 5.07. The predicted octanol–water partition coefficient (Wildman–Crippen LogP) is 2.33. The molecule has 3 nitrogen and oxygen atoms in total. The number of aliphatic hydroxyl groups is 1. The molecule has 1 rings (SSSR count). The van der Waals surface area contributed by atoms with Crippen LogP contribution in [0.5, 0.6) is 5.75 Å². The van der Waals surface area contributed by atoms with Gasteiger partial charge in [0.1, 0.15) is 5.75 Å². The summed E-state index contributed by atoms with van der Waals surface area (Å²) in [6.45, 7) is 8.38. The van der Waals surface area contributed by atoms with Gasteiger partial charge in [0, 0.05) is 12.0 Å². The van der Waals surface area contributed by atoms with Gasteiger partial charge in [-0.15, -0.1) is 0 Å². The van der Waals surface area contributed by atoms with Crippen molar-refractivity contribution in [2.45, 2.75) is 33.8 Å². The van der Waals surface area contributed by atoms with Crippen molar-refractivity contribution in [1.29, 1.82) is 0 Å². The topological polar surface area (TPSA) is 55.5 Å². The van der Waals surface area contributed by atoms with E-state index in [-0.39, 0.29) is 5.41 Å². The molecule has 1 atom stereocenters. The van der Waals surface area contributed by atoms with Crippen LogP contribution in [0.15, 0.2) is 12.1 Å². The molecule has 0 aromatic heterocycles. The summed E-state index contributed by atoms with van der Waals surface area (Å²) in [6, 6.07) is 3.82. The van der Waals surface area contributed by atoms with Crippen LogP contribution in [0.3, 0.4) is 0 Å². The molecule has 0 heterocycles. The maximum absolute atomic E-state index is 10.4. The van der Waals surface area contributed by atoms with Gasteiger partial charge in [-0.3, -0.25) is 0 Å². The molecule has 17 heavy (non-hydrogen) atoms. The van der Waals surface area contributed by atoms with Gasteiger partial charge in [0.15, 0.2) is 0 Å². The molecule has 3 N–H and O–H groups in total. The van der Waals surface area contributed by atoms with Gasteiger partial charge in [-0.25, -0.2) is 0 Å². The van der Waals surface area contributed by atoms with E-state index in [1.807, 2.05) is 39.8 Å². The zero-order chi connectivity index (χ0) is 13.2. The SMILES string of the molecule is COc1ccc(C(O)C(C)(C)CN)c(C)c1C. The molecule has 0 fully saturated rings. The lowest BCUT2D eigenvalue weighted by molar-refractivity contribution is 0.0549. The summed E-state index contributed by atoms with van der Waals surface area (Å²) in [4.78, 5) is 0. The van der Waals surface area contributed by atoms with Crippen LogP contribution >= 0.6 is 0 Å². The van der Waals surface area contributed by atoms with Gasteiger partial charge >= 0.3 is 0 Å². The molecule has 0 aliphatic carbocycles. The van der Waals surface area contributed by atoms with Gasteiger partial charge in [-0.1, -0.05) is 19.9 Å². The lowest BCUT2D eigenvalue weighted by Crippen LogP contribution is -2.31. The van der Waals surface area contributed by atoms with E-state index < -0.39 is 6.10 Å². The van der Waals surface area contributed by atoms with Crippen molar-refractivity contribution in [3.05, 3.63) is 28.8 Å². The van der Waals surface area contributed by atoms with Gasteiger partial charge in [-0.2, -0.15) is 0 Å². The van der Waals surface area contributed by atoms with Gasteiger partial charge in [-0.05, 0) is 36.6 Å². The maximum Gasteiger partial charge on any atom is 0.122 e. The summed E-state index contributed by atoms with van der Waals surface area (Å²) in [6.07, 6.45) is -0.558. The van der Waals surface area contributed by atoms with Crippen molar-refractivity contribution in [3.8, 4) is 5.75 Å². The third kappa shape index (κ3) is 2.61. The van der Waals surface area contributed by atoms with E-state index in [0.717, 1.165) is 22.4 Å². The van der Waals surface area contributed by atoms with E-state index in [0.29, 0.717) is 6.54 Å². The number of benzene rings is 1. The quantitative estimate of drug-likeness (QED) is 0.845. The van der Waals surface area contributed by atoms with Crippen LogP contribution < -0.4 is 10.5 Å². The lowest BCUT2D eigenvalue weighted by atomic mass is 9.80. The average Bonchev–Trinajstić information content (AvgIpc) is 2.31. The molecule has 1 aromatic rings. The van der Waals surface area contributed by atoms with Crippen LogP contribution in [0.1, 0.15) is 36.6 Å². The van der Waals surface area contributed by atoms with E-state index in [4.69, 9.17) is 10.5 Å². The number of nitrogens with two attached hydrogens (primary N) is 1. The Hall–Kier alpha value is -1.06. The fourth-order valence-corrected chi connectivity index (χ4v) is 1.87. The van der Waals surface area contributed by atoms with Crippen LogP contribution in [-0.2, 0) is 0 Å². The Balaban J connectivity index is 3.21. The van der Waals surface area contributed by atoms with Crippen LogP contribution in [0.2, 0.25) is 0 Å². The molecular weight excluding hydrogens is 214 g/mol. The van der Waals surface area contributed by atoms with Crippen LogP contribution in [0, 0.1) is 19.3 Å². The first-order chi connectivity index (χ1) is 7.85. The van der Waals surface area contributed by atoms with E-state index in [1.165, 1.54) is 0 Å². The predicted molar refractivity (Wildman–Crippen MR) is 70.3 cm³/mol. The van der Waals surface area contributed by atoms with E-state index in [9.17, 15) is 5.11 Å². The number of ether oxygens (including phenoxy) is 1. The molecule has 0 spiro atoms. The highest BCUT2D eigenvalue weighted by atomic mass is 16.5. The Kier molecular flexibility index (Phi) is 4.17. The van der Waals surface area contributed by atoms with Crippen molar-refractivity contribution in [1.82, 2.24) is 0 Å². The third-order valence-corrected chi connectivity index (χ3v) is 3.56. The smallest absolute Gasteiger partial charge is 0.122 e. The first kappa shape index (κ1) is 14.0. The molecule has 0 aliphatic rings. The first-order valence-corrected chi connectivity index (χ1v) is 5.87. The Labute approximate surface area is 104 Å². The van der Waals surface area contributed by atoms with E-state index in [2.05, 4.69) is 0 Å². The van der Waals surface area contributed by atoms with Gasteiger partial charge < -0.3 is 15.6 Å². The standard InChI is InChI=1S/C14H23NO2/c1-9-10(2)12(17-5)7-6-11(9)13(16)14(3,4)8-15/h6-7,13,16H,8,15H2,1-5H3. The number of hydrogen-bond acceptors (Lipinski definition) is 3. The van der Waals surface area contributed by atoms with Crippen molar-refractivity contribution in [2.75, 3.05) is 13.7 Å². The summed E-state index contributed by atoms with van der Waals surface area (Å²) < 4.78 is 5.27. The third-order valence-electron chi connectivity index (χ3n) is 3.56. The second-order valence-corrected chi connectivity index (χ2v) is 5.20. The van der Waals surface area contributed by atoms with Crippen molar-refractivity contribution >= 4 is 0 Å². The normalized spacial score (nSPS) is 13.6. The largest absolute Gasteiger partial charge is 0.496 e. The van der Waals surface area contributed by atoms with Crippen molar-refractivity contribution in [3.63, 3.8) is 0 Å². The fraction of sp³-hybridized carbons (Fsp3) is 0.571. The van der Waals surface area contributed by atoms with E-state index >= 15 is 0 Å². The fourth-order valence-electron chi connectivity index (χ4n) is 1.87. The molecule has 0 bridgehead atoms. The summed E-state index contributed by atoms with van der Waals surface area (Å²) in [5.74, 6) is 0.851. The molecule has 0 aliphatic heterocycles. The number of aliphatic hydroxyl groups excluding tert-OH is 1. The Bertz CT molecular complexity index is 399. The van der Waals surface area contributed by atoms with Gasteiger partial charge in [0.05, 0.1) is 13.2 Å². The Morgan fingerprint density at radius 1 is 1.29 bits per heavy atom. The van der Waals surface area contributed by atoms with E-state index in [1.54, 1.807) is 7.11 Å². The molecule has 0 saturated carbocycles. The number of hydrogen-bond donors (Lipinski definition) is 2. The Morgan fingerprint density at radius 3 is 2.35 bits per heavy atom. The van der Waals surface area contributed by atoms with Crippen LogP contribution in [0.25, 0.3) is 0 Å². The Morgan fingerprint density at radius 2 is 1.88 bits per heavy atom. The molecule has 1 aromatic carbocycles. The summed E-state index contributed by atoms with van der Waals surface area (Å²) in [5, 5.41) is 10.4. The molecule has 0 radical (unpaired) electrons. The van der Waals surface area contributed by atoms with Gasteiger partial charge in [0.2, 0.25) is 0 Å². The summed E-state index contributed by atoms with van der Waals surface area (Å²) >= 11 is 0.